The standard InChI is InChI=1S/C15H21N3O2S/c1-15(7-4-8-21-15)14(20)18(10-13(17)19)9-11-5-2-3-6-12(11)16/h2-3,5-6H,4,7-10,16H2,1H3,(H2,17,19). The number of nitrogen functional groups attached to an aromatic ring is 1. The maximum atomic E-state index is 12.8. The normalized spacial score (nSPS) is 21.2. The number of rotatable bonds is 5. The summed E-state index contributed by atoms with van der Waals surface area (Å²) in [5.41, 5.74) is 12.7. The van der Waals surface area contributed by atoms with Crippen LogP contribution in [0.1, 0.15) is 25.3 Å². The lowest BCUT2D eigenvalue weighted by molar-refractivity contribution is -0.137. The number of thioether (sulfide) groups is 1. The van der Waals surface area contributed by atoms with Crippen LogP contribution in [0.4, 0.5) is 5.69 Å². The average molecular weight is 307 g/mol. The van der Waals surface area contributed by atoms with Crippen LogP contribution in [0.25, 0.3) is 0 Å². The summed E-state index contributed by atoms with van der Waals surface area (Å²) in [5, 5.41) is 0. The molecule has 0 aliphatic carbocycles. The summed E-state index contributed by atoms with van der Waals surface area (Å²) >= 11 is 1.65. The molecular weight excluding hydrogens is 286 g/mol. The topological polar surface area (TPSA) is 89.4 Å². The molecule has 1 fully saturated rings. The van der Waals surface area contributed by atoms with Crippen LogP contribution in [-0.2, 0) is 16.1 Å². The van der Waals surface area contributed by atoms with Crippen LogP contribution in [0.3, 0.4) is 0 Å². The molecule has 2 amide bonds. The number of para-hydroxylation sites is 1. The Morgan fingerprint density at radius 2 is 2.10 bits per heavy atom. The molecule has 4 N–H and O–H groups in total. The first kappa shape index (κ1) is 15.7. The molecule has 114 valence electrons. The van der Waals surface area contributed by atoms with Crippen molar-refractivity contribution in [2.45, 2.75) is 31.1 Å². The second kappa shape index (κ2) is 6.39. The summed E-state index contributed by atoms with van der Waals surface area (Å²) in [6.45, 7) is 2.17. The molecule has 21 heavy (non-hydrogen) atoms. The number of carbonyl (C=O) groups is 2. The van der Waals surface area contributed by atoms with Crippen LogP contribution >= 0.6 is 11.8 Å². The Hall–Kier alpha value is -1.69. The molecule has 5 nitrogen and oxygen atoms in total. The van der Waals surface area contributed by atoms with Gasteiger partial charge in [0.1, 0.15) is 0 Å². The van der Waals surface area contributed by atoms with Gasteiger partial charge in [0.25, 0.3) is 0 Å². The number of primary amides is 1. The van der Waals surface area contributed by atoms with Crippen molar-refractivity contribution in [2.75, 3.05) is 18.0 Å². The van der Waals surface area contributed by atoms with Gasteiger partial charge in [-0.1, -0.05) is 18.2 Å². The molecule has 6 heteroatoms. The van der Waals surface area contributed by atoms with E-state index >= 15 is 0 Å². The highest BCUT2D eigenvalue weighted by Crippen LogP contribution is 2.39. The summed E-state index contributed by atoms with van der Waals surface area (Å²) in [6, 6.07) is 7.35. The van der Waals surface area contributed by atoms with E-state index in [2.05, 4.69) is 0 Å². The Balaban J connectivity index is 2.20. The van der Waals surface area contributed by atoms with Crippen LogP contribution in [0.2, 0.25) is 0 Å². The van der Waals surface area contributed by atoms with Gasteiger partial charge in [0, 0.05) is 12.2 Å². The highest BCUT2D eigenvalue weighted by Gasteiger charge is 2.40. The van der Waals surface area contributed by atoms with E-state index in [4.69, 9.17) is 11.5 Å². The zero-order valence-electron chi connectivity index (χ0n) is 12.2. The third-order valence-electron chi connectivity index (χ3n) is 3.72. The van der Waals surface area contributed by atoms with E-state index in [0.29, 0.717) is 12.2 Å². The predicted molar refractivity (Wildman–Crippen MR) is 85.6 cm³/mol. The van der Waals surface area contributed by atoms with Crippen LogP contribution in [0.15, 0.2) is 24.3 Å². The summed E-state index contributed by atoms with van der Waals surface area (Å²) in [7, 11) is 0. The lowest BCUT2D eigenvalue weighted by Crippen LogP contribution is -2.46. The molecule has 1 aromatic rings. The van der Waals surface area contributed by atoms with Crippen molar-refractivity contribution >= 4 is 29.3 Å². The highest BCUT2D eigenvalue weighted by molar-refractivity contribution is 8.01. The van der Waals surface area contributed by atoms with E-state index in [1.807, 2.05) is 25.1 Å². The number of nitrogens with two attached hydrogens (primary N) is 2. The number of hydrogen-bond donors (Lipinski definition) is 2. The van der Waals surface area contributed by atoms with Crippen LogP contribution in [0.5, 0.6) is 0 Å². The SMILES string of the molecule is CC1(C(=O)N(CC(N)=O)Cc2ccccc2N)CCCS1. The molecule has 0 spiro atoms. The molecule has 0 aromatic heterocycles. The second-order valence-electron chi connectivity index (χ2n) is 5.51. The molecule has 2 rings (SSSR count). The van der Waals surface area contributed by atoms with Crippen molar-refractivity contribution in [3.63, 3.8) is 0 Å². The van der Waals surface area contributed by atoms with Gasteiger partial charge in [0.2, 0.25) is 11.8 Å². The van der Waals surface area contributed by atoms with Crippen molar-refractivity contribution < 1.29 is 9.59 Å². The summed E-state index contributed by atoms with van der Waals surface area (Å²) < 4.78 is -0.459. The highest BCUT2D eigenvalue weighted by atomic mass is 32.2. The van der Waals surface area contributed by atoms with Gasteiger partial charge in [-0.3, -0.25) is 9.59 Å². The third-order valence-corrected chi connectivity index (χ3v) is 5.23. The second-order valence-corrected chi connectivity index (χ2v) is 7.11. The van der Waals surface area contributed by atoms with Gasteiger partial charge >= 0.3 is 0 Å². The fraction of sp³-hybridized carbons (Fsp3) is 0.467. The Morgan fingerprint density at radius 3 is 2.67 bits per heavy atom. The van der Waals surface area contributed by atoms with E-state index in [1.165, 1.54) is 4.90 Å². The van der Waals surface area contributed by atoms with Crippen molar-refractivity contribution in [3.05, 3.63) is 29.8 Å². The Kier molecular flexibility index (Phi) is 4.77. The van der Waals surface area contributed by atoms with Gasteiger partial charge in [0.15, 0.2) is 0 Å². The Bertz CT molecular complexity index is 541. The lowest BCUT2D eigenvalue weighted by atomic mass is 10.0. The molecule has 1 atom stereocenters. The minimum absolute atomic E-state index is 0.0351. The van der Waals surface area contributed by atoms with Gasteiger partial charge in [-0.15, -0.1) is 11.8 Å². The number of anilines is 1. The van der Waals surface area contributed by atoms with Gasteiger partial charge in [-0.2, -0.15) is 0 Å². The van der Waals surface area contributed by atoms with Crippen LogP contribution in [-0.4, -0.2) is 33.8 Å². The minimum atomic E-state index is -0.510. The molecule has 0 radical (unpaired) electrons. The van der Waals surface area contributed by atoms with Crippen molar-refractivity contribution in [1.29, 1.82) is 0 Å². The number of amides is 2. The zero-order chi connectivity index (χ0) is 15.5. The third kappa shape index (κ3) is 3.69. The van der Waals surface area contributed by atoms with Crippen LogP contribution < -0.4 is 11.5 Å². The van der Waals surface area contributed by atoms with E-state index in [-0.39, 0.29) is 12.5 Å². The maximum absolute atomic E-state index is 12.8. The number of carbonyl (C=O) groups excluding carboxylic acids is 2. The predicted octanol–water partition coefficient (Wildman–Crippen LogP) is 1.37. The average Bonchev–Trinajstić information content (AvgIpc) is 2.87. The van der Waals surface area contributed by atoms with Crippen molar-refractivity contribution in [3.8, 4) is 0 Å². The molecule has 0 bridgehead atoms. The molecule has 0 saturated carbocycles. The Morgan fingerprint density at radius 1 is 1.38 bits per heavy atom. The lowest BCUT2D eigenvalue weighted by Gasteiger charge is -2.30. The fourth-order valence-electron chi connectivity index (χ4n) is 2.55. The van der Waals surface area contributed by atoms with Crippen molar-refractivity contribution in [1.82, 2.24) is 4.90 Å². The molecule has 1 unspecified atom stereocenters. The molecule has 1 aromatic carbocycles. The quantitative estimate of drug-likeness (QED) is 0.804. The minimum Gasteiger partial charge on any atom is -0.398 e. The van der Waals surface area contributed by atoms with E-state index in [1.54, 1.807) is 17.8 Å². The van der Waals surface area contributed by atoms with E-state index in [9.17, 15) is 9.59 Å². The number of hydrogen-bond acceptors (Lipinski definition) is 4. The van der Waals surface area contributed by atoms with Gasteiger partial charge < -0.3 is 16.4 Å². The molecule has 1 aliphatic rings. The van der Waals surface area contributed by atoms with Gasteiger partial charge in [-0.05, 0) is 37.1 Å². The van der Waals surface area contributed by atoms with E-state index in [0.717, 1.165) is 24.2 Å². The van der Waals surface area contributed by atoms with Gasteiger partial charge in [0.05, 0.1) is 11.3 Å². The maximum Gasteiger partial charge on any atom is 0.239 e. The van der Waals surface area contributed by atoms with E-state index < -0.39 is 10.7 Å². The molecular formula is C15H21N3O2S. The first-order chi connectivity index (χ1) is 9.92. The first-order valence-corrected chi connectivity index (χ1v) is 7.96. The molecule has 1 aliphatic heterocycles. The van der Waals surface area contributed by atoms with Gasteiger partial charge in [-0.25, -0.2) is 0 Å². The summed E-state index contributed by atoms with van der Waals surface area (Å²) in [5.74, 6) is 0.427. The summed E-state index contributed by atoms with van der Waals surface area (Å²) in [4.78, 5) is 25.6. The number of nitrogens with zero attached hydrogens (tertiary/aromatic N) is 1. The zero-order valence-corrected chi connectivity index (χ0v) is 13.0. The Labute approximate surface area is 129 Å². The summed E-state index contributed by atoms with van der Waals surface area (Å²) in [6.07, 6.45) is 1.85. The smallest absolute Gasteiger partial charge is 0.239 e. The fourth-order valence-corrected chi connectivity index (χ4v) is 3.83. The molecule has 1 saturated heterocycles. The first-order valence-electron chi connectivity index (χ1n) is 6.97. The van der Waals surface area contributed by atoms with Crippen molar-refractivity contribution in [2.24, 2.45) is 5.73 Å². The molecule has 1 heterocycles. The monoisotopic (exact) mass is 307 g/mol. The largest absolute Gasteiger partial charge is 0.398 e. The van der Waals surface area contributed by atoms with Crippen LogP contribution in [0, 0.1) is 0 Å². The number of benzene rings is 1.